The number of ether oxygens (including phenoxy) is 3. The van der Waals surface area contributed by atoms with Crippen molar-refractivity contribution >= 4 is 34.8 Å². The molecule has 0 spiro atoms. The van der Waals surface area contributed by atoms with Crippen LogP contribution in [0.2, 0.25) is 0 Å². The van der Waals surface area contributed by atoms with E-state index in [4.69, 9.17) is 49.0 Å². The molecule has 0 radical (unpaired) electrons. The Morgan fingerprint density at radius 3 is 1.23 bits per heavy atom. The molecule has 0 aromatic heterocycles. The molecule has 3 nitrogen and oxygen atoms in total. The van der Waals surface area contributed by atoms with Gasteiger partial charge in [0.1, 0.15) is 18.2 Å². The number of hydrogen-bond acceptors (Lipinski definition) is 3. The van der Waals surface area contributed by atoms with Crippen molar-refractivity contribution in [3.05, 3.63) is 0 Å². The molecule has 0 N–H and O–H groups in total. The van der Waals surface area contributed by atoms with Gasteiger partial charge in [-0.2, -0.15) is 0 Å². The highest BCUT2D eigenvalue weighted by Gasteiger charge is 2.09. The summed E-state index contributed by atoms with van der Waals surface area (Å²) in [6.07, 6.45) is 0. The lowest BCUT2D eigenvalue weighted by Crippen LogP contribution is -2.21. The third kappa shape index (κ3) is 9.06. The second-order valence-electron chi connectivity index (χ2n) is 2.31. The van der Waals surface area contributed by atoms with Gasteiger partial charge in [-0.05, 0) is 0 Å². The molecule has 0 aromatic rings. The SMILES string of the molecule is ClCOCC(COCCl)COCCl. The molecule has 0 aliphatic carbocycles. The zero-order valence-corrected chi connectivity index (χ0v) is 9.45. The summed E-state index contributed by atoms with van der Waals surface area (Å²) >= 11 is 16.1. The minimum absolute atomic E-state index is 0.122. The van der Waals surface area contributed by atoms with E-state index in [9.17, 15) is 0 Å². The maximum atomic E-state index is 5.36. The maximum Gasteiger partial charge on any atom is 0.120 e. The minimum atomic E-state index is 0.122. The molecule has 0 rings (SSSR count). The highest BCUT2D eigenvalue weighted by atomic mass is 35.5. The molecular formula is C7H13Cl3O3. The number of alkyl halides is 3. The lowest BCUT2D eigenvalue weighted by Gasteiger charge is -2.14. The lowest BCUT2D eigenvalue weighted by atomic mass is 10.2. The summed E-state index contributed by atoms with van der Waals surface area (Å²) in [5.41, 5.74) is 0. The molecular weight excluding hydrogens is 238 g/mol. The third-order valence-electron chi connectivity index (χ3n) is 1.29. The van der Waals surface area contributed by atoms with Gasteiger partial charge >= 0.3 is 0 Å². The van der Waals surface area contributed by atoms with E-state index in [2.05, 4.69) is 0 Å². The van der Waals surface area contributed by atoms with Gasteiger partial charge in [0.05, 0.1) is 19.8 Å². The molecule has 0 saturated heterocycles. The van der Waals surface area contributed by atoms with E-state index in [0.717, 1.165) is 0 Å². The summed E-state index contributed by atoms with van der Waals surface area (Å²) in [6.45, 7) is 1.45. The molecule has 0 aromatic carbocycles. The summed E-state index contributed by atoms with van der Waals surface area (Å²) in [7, 11) is 0. The van der Waals surface area contributed by atoms with Crippen LogP contribution in [0.3, 0.4) is 0 Å². The lowest BCUT2D eigenvalue weighted by molar-refractivity contribution is 0.0227. The first-order valence-corrected chi connectivity index (χ1v) is 5.36. The summed E-state index contributed by atoms with van der Waals surface area (Å²) in [5.74, 6) is 0.122. The van der Waals surface area contributed by atoms with Crippen LogP contribution in [0.15, 0.2) is 0 Å². The average Bonchev–Trinajstić information content (AvgIpc) is 2.17. The van der Waals surface area contributed by atoms with Crippen LogP contribution in [-0.4, -0.2) is 38.0 Å². The minimum Gasteiger partial charge on any atom is -0.365 e. The Kier molecular flexibility index (Phi) is 11.5. The Bertz CT molecular complexity index is 86.0. The van der Waals surface area contributed by atoms with E-state index in [-0.39, 0.29) is 24.1 Å². The van der Waals surface area contributed by atoms with Gasteiger partial charge in [0.15, 0.2) is 0 Å². The molecule has 0 amide bonds. The highest BCUT2D eigenvalue weighted by molar-refractivity contribution is 6.17. The highest BCUT2D eigenvalue weighted by Crippen LogP contribution is 2.02. The second kappa shape index (κ2) is 10.8. The van der Waals surface area contributed by atoms with Crippen LogP contribution in [0.1, 0.15) is 0 Å². The molecule has 6 heteroatoms. The van der Waals surface area contributed by atoms with Crippen LogP contribution in [0.4, 0.5) is 0 Å². The smallest absolute Gasteiger partial charge is 0.120 e. The van der Waals surface area contributed by atoms with Gasteiger partial charge in [0.25, 0.3) is 0 Å². The molecule has 0 unspecified atom stereocenters. The quantitative estimate of drug-likeness (QED) is 0.588. The Morgan fingerprint density at radius 2 is 1.00 bits per heavy atom. The summed E-state index contributed by atoms with van der Waals surface area (Å²) in [5, 5.41) is 0. The number of halogens is 3. The summed E-state index contributed by atoms with van der Waals surface area (Å²) in [4.78, 5) is 0. The van der Waals surface area contributed by atoms with Gasteiger partial charge in [-0.25, -0.2) is 0 Å². The van der Waals surface area contributed by atoms with Crippen molar-refractivity contribution in [2.75, 3.05) is 38.0 Å². The third-order valence-corrected chi connectivity index (χ3v) is 1.76. The first kappa shape index (κ1) is 13.8. The van der Waals surface area contributed by atoms with Crippen LogP contribution < -0.4 is 0 Å². The van der Waals surface area contributed by atoms with Crippen molar-refractivity contribution in [1.29, 1.82) is 0 Å². The molecule has 0 aliphatic heterocycles. The molecule has 13 heavy (non-hydrogen) atoms. The van der Waals surface area contributed by atoms with Crippen molar-refractivity contribution < 1.29 is 14.2 Å². The van der Waals surface area contributed by atoms with Crippen LogP contribution in [0, 0.1) is 5.92 Å². The fraction of sp³-hybridized carbons (Fsp3) is 1.00. The predicted octanol–water partition coefficient (Wildman–Crippen LogP) is 2.24. The van der Waals surface area contributed by atoms with E-state index in [1.807, 2.05) is 0 Å². The first-order valence-electron chi connectivity index (χ1n) is 3.76. The molecule has 0 aliphatic rings. The van der Waals surface area contributed by atoms with Gasteiger partial charge in [-0.1, -0.05) is 34.8 Å². The van der Waals surface area contributed by atoms with Gasteiger partial charge in [0, 0.05) is 5.92 Å². The van der Waals surface area contributed by atoms with E-state index in [0.29, 0.717) is 19.8 Å². The normalized spacial score (nSPS) is 11.1. The number of hydrogen-bond donors (Lipinski definition) is 0. The fourth-order valence-electron chi connectivity index (χ4n) is 0.778. The standard InChI is InChI=1S/C7H13Cl3O3/c8-4-11-1-7(2-12-5-9)3-13-6-10/h7H,1-6H2. The molecule has 0 atom stereocenters. The Balaban J connectivity index is 3.47. The van der Waals surface area contributed by atoms with E-state index in [1.54, 1.807) is 0 Å². The summed E-state index contributed by atoms with van der Waals surface area (Å²) in [6, 6.07) is 0.495. The Morgan fingerprint density at radius 1 is 0.692 bits per heavy atom. The van der Waals surface area contributed by atoms with Crippen molar-refractivity contribution in [3.8, 4) is 0 Å². The largest absolute Gasteiger partial charge is 0.365 e. The van der Waals surface area contributed by atoms with Gasteiger partial charge in [-0.3, -0.25) is 0 Å². The van der Waals surface area contributed by atoms with Crippen molar-refractivity contribution in [2.45, 2.75) is 0 Å². The number of rotatable bonds is 9. The zero-order chi connectivity index (χ0) is 9.94. The first-order chi connectivity index (χ1) is 6.35. The molecule has 0 heterocycles. The Labute approximate surface area is 93.2 Å². The predicted molar refractivity (Wildman–Crippen MR) is 53.5 cm³/mol. The van der Waals surface area contributed by atoms with E-state index >= 15 is 0 Å². The van der Waals surface area contributed by atoms with Crippen LogP contribution in [0.25, 0.3) is 0 Å². The fourth-order valence-corrected chi connectivity index (χ4v) is 1.05. The van der Waals surface area contributed by atoms with Gasteiger partial charge in [-0.15, -0.1) is 0 Å². The van der Waals surface area contributed by atoms with Crippen LogP contribution >= 0.6 is 34.8 Å². The Hall–Kier alpha value is 0.750. The van der Waals surface area contributed by atoms with E-state index < -0.39 is 0 Å². The van der Waals surface area contributed by atoms with Crippen LogP contribution in [0.5, 0.6) is 0 Å². The average molecular weight is 252 g/mol. The van der Waals surface area contributed by atoms with Gasteiger partial charge < -0.3 is 14.2 Å². The van der Waals surface area contributed by atoms with Crippen molar-refractivity contribution in [2.24, 2.45) is 5.92 Å². The second-order valence-corrected chi connectivity index (χ2v) is 2.96. The topological polar surface area (TPSA) is 27.7 Å². The van der Waals surface area contributed by atoms with Crippen LogP contribution in [-0.2, 0) is 14.2 Å². The zero-order valence-electron chi connectivity index (χ0n) is 7.18. The van der Waals surface area contributed by atoms with Crippen molar-refractivity contribution in [3.63, 3.8) is 0 Å². The maximum absolute atomic E-state index is 5.36. The molecule has 0 saturated carbocycles. The van der Waals surface area contributed by atoms with Gasteiger partial charge in [0.2, 0.25) is 0 Å². The monoisotopic (exact) mass is 250 g/mol. The molecule has 80 valence electrons. The van der Waals surface area contributed by atoms with Crippen molar-refractivity contribution in [1.82, 2.24) is 0 Å². The van der Waals surface area contributed by atoms with E-state index in [1.165, 1.54) is 0 Å². The molecule has 0 bridgehead atoms. The molecule has 0 fully saturated rings. The summed E-state index contributed by atoms with van der Waals surface area (Å²) < 4.78 is 15.0.